The van der Waals surface area contributed by atoms with Gasteiger partial charge in [-0.2, -0.15) is 11.8 Å². The van der Waals surface area contributed by atoms with Gasteiger partial charge < -0.3 is 0 Å². The Morgan fingerprint density at radius 3 is 2.67 bits per heavy atom. The fraction of sp³-hybridized carbons (Fsp3) is 0.615. The second-order valence-electron chi connectivity index (χ2n) is 4.94. The highest BCUT2D eigenvalue weighted by Crippen LogP contribution is 2.30. The Labute approximate surface area is 97.7 Å². The summed E-state index contributed by atoms with van der Waals surface area (Å²) in [4.78, 5) is 4.13. The van der Waals surface area contributed by atoms with Crippen LogP contribution in [0.5, 0.6) is 0 Å². The van der Waals surface area contributed by atoms with Crippen LogP contribution in [0.4, 0.5) is 0 Å². The lowest BCUT2D eigenvalue weighted by Crippen LogP contribution is -2.14. The zero-order chi connectivity index (χ0) is 11.3. The van der Waals surface area contributed by atoms with Crippen LogP contribution in [-0.4, -0.2) is 15.0 Å². The van der Waals surface area contributed by atoms with Crippen molar-refractivity contribution in [3.63, 3.8) is 0 Å². The average molecular weight is 223 g/mol. The van der Waals surface area contributed by atoms with Gasteiger partial charge in [-0.3, -0.25) is 4.98 Å². The molecule has 0 aliphatic heterocycles. The summed E-state index contributed by atoms with van der Waals surface area (Å²) in [6, 6.07) is 4.17. The SMILES string of the molecule is CC(CCc1cccnc1)SC(C)(C)C. The van der Waals surface area contributed by atoms with Crippen LogP contribution in [0.1, 0.15) is 39.7 Å². The lowest BCUT2D eigenvalue weighted by molar-refractivity contribution is 0.759. The first-order chi connectivity index (χ1) is 6.97. The molecule has 84 valence electrons. The second-order valence-corrected chi connectivity index (χ2v) is 7.21. The van der Waals surface area contributed by atoms with Crippen LogP contribution in [0.2, 0.25) is 0 Å². The Morgan fingerprint density at radius 2 is 2.13 bits per heavy atom. The van der Waals surface area contributed by atoms with Crippen molar-refractivity contribution < 1.29 is 0 Å². The summed E-state index contributed by atoms with van der Waals surface area (Å²) in [6.45, 7) is 9.14. The second kappa shape index (κ2) is 5.55. The van der Waals surface area contributed by atoms with Crippen LogP contribution in [-0.2, 0) is 6.42 Å². The molecule has 0 fully saturated rings. The van der Waals surface area contributed by atoms with Crippen LogP contribution in [0.3, 0.4) is 0 Å². The normalized spacial score (nSPS) is 13.9. The maximum atomic E-state index is 4.13. The molecule has 2 heteroatoms. The largest absolute Gasteiger partial charge is 0.264 e. The van der Waals surface area contributed by atoms with Crippen molar-refractivity contribution in [1.29, 1.82) is 0 Å². The van der Waals surface area contributed by atoms with E-state index in [1.165, 1.54) is 12.0 Å². The maximum Gasteiger partial charge on any atom is 0.0299 e. The molecule has 1 nitrogen and oxygen atoms in total. The Hall–Kier alpha value is -0.500. The number of hydrogen-bond donors (Lipinski definition) is 0. The van der Waals surface area contributed by atoms with E-state index in [1.807, 2.05) is 18.5 Å². The van der Waals surface area contributed by atoms with Crippen LogP contribution >= 0.6 is 11.8 Å². The Morgan fingerprint density at radius 1 is 1.40 bits per heavy atom. The van der Waals surface area contributed by atoms with Gasteiger partial charge in [0.1, 0.15) is 0 Å². The fourth-order valence-electron chi connectivity index (χ4n) is 1.58. The van der Waals surface area contributed by atoms with Gasteiger partial charge in [-0.1, -0.05) is 33.8 Å². The molecule has 0 bridgehead atoms. The predicted octanol–water partition coefficient (Wildman–Crippen LogP) is 3.93. The molecule has 1 heterocycles. The Kier molecular flexibility index (Phi) is 4.65. The summed E-state index contributed by atoms with van der Waals surface area (Å²) >= 11 is 2.06. The average Bonchev–Trinajstić information content (AvgIpc) is 2.14. The molecular formula is C13H21NS. The minimum absolute atomic E-state index is 0.369. The number of nitrogens with zero attached hydrogens (tertiary/aromatic N) is 1. The van der Waals surface area contributed by atoms with Crippen molar-refractivity contribution in [3.05, 3.63) is 30.1 Å². The van der Waals surface area contributed by atoms with Crippen molar-refractivity contribution in [2.45, 2.75) is 50.5 Å². The molecule has 1 atom stereocenters. The molecule has 15 heavy (non-hydrogen) atoms. The van der Waals surface area contributed by atoms with E-state index < -0.39 is 0 Å². The summed E-state index contributed by atoms with van der Waals surface area (Å²) in [5.74, 6) is 0. The van der Waals surface area contributed by atoms with Gasteiger partial charge in [-0.05, 0) is 24.5 Å². The topological polar surface area (TPSA) is 12.9 Å². The molecule has 0 aliphatic rings. The van der Waals surface area contributed by atoms with Crippen LogP contribution in [0.15, 0.2) is 24.5 Å². The summed E-state index contributed by atoms with van der Waals surface area (Å²) < 4.78 is 0.369. The monoisotopic (exact) mass is 223 g/mol. The van der Waals surface area contributed by atoms with Crippen molar-refractivity contribution in [2.75, 3.05) is 0 Å². The zero-order valence-corrected chi connectivity index (χ0v) is 11.0. The molecule has 1 unspecified atom stereocenters. The fourth-order valence-corrected chi connectivity index (χ4v) is 3.02. The first kappa shape index (κ1) is 12.6. The van der Waals surface area contributed by atoms with Crippen LogP contribution < -0.4 is 0 Å². The molecule has 0 radical (unpaired) electrons. The maximum absolute atomic E-state index is 4.13. The highest BCUT2D eigenvalue weighted by Gasteiger charge is 2.15. The number of pyridine rings is 1. The van der Waals surface area contributed by atoms with Crippen molar-refractivity contribution >= 4 is 11.8 Å². The summed E-state index contributed by atoms with van der Waals surface area (Å²) in [6.07, 6.45) is 6.16. The van der Waals surface area contributed by atoms with E-state index in [9.17, 15) is 0 Å². The van der Waals surface area contributed by atoms with E-state index in [2.05, 4.69) is 50.5 Å². The van der Waals surface area contributed by atoms with Gasteiger partial charge in [0, 0.05) is 22.4 Å². The van der Waals surface area contributed by atoms with Gasteiger partial charge in [0.25, 0.3) is 0 Å². The summed E-state index contributed by atoms with van der Waals surface area (Å²) in [5.41, 5.74) is 1.35. The smallest absolute Gasteiger partial charge is 0.0299 e. The summed E-state index contributed by atoms with van der Waals surface area (Å²) in [5, 5.41) is 0.713. The minimum atomic E-state index is 0.369. The van der Waals surface area contributed by atoms with Gasteiger partial charge >= 0.3 is 0 Å². The lowest BCUT2D eigenvalue weighted by Gasteiger charge is -2.22. The van der Waals surface area contributed by atoms with E-state index in [0.717, 1.165) is 6.42 Å². The van der Waals surface area contributed by atoms with Gasteiger partial charge in [0.05, 0.1) is 0 Å². The molecular weight excluding hydrogens is 202 g/mol. The molecule has 1 aromatic rings. The molecule has 0 saturated heterocycles. The van der Waals surface area contributed by atoms with E-state index in [4.69, 9.17) is 0 Å². The van der Waals surface area contributed by atoms with E-state index >= 15 is 0 Å². The van der Waals surface area contributed by atoms with Gasteiger partial charge in [-0.25, -0.2) is 0 Å². The third kappa shape index (κ3) is 5.83. The van der Waals surface area contributed by atoms with Gasteiger partial charge in [0.15, 0.2) is 0 Å². The van der Waals surface area contributed by atoms with Crippen LogP contribution in [0.25, 0.3) is 0 Å². The highest BCUT2D eigenvalue weighted by atomic mass is 32.2. The predicted molar refractivity (Wildman–Crippen MR) is 69.4 cm³/mol. The van der Waals surface area contributed by atoms with Crippen molar-refractivity contribution in [3.8, 4) is 0 Å². The van der Waals surface area contributed by atoms with Gasteiger partial charge in [0.2, 0.25) is 0 Å². The first-order valence-electron chi connectivity index (χ1n) is 5.54. The third-order valence-corrected chi connectivity index (χ3v) is 3.46. The number of thioether (sulfide) groups is 1. The molecule has 0 saturated carbocycles. The number of aryl methyl sites for hydroxylation is 1. The lowest BCUT2D eigenvalue weighted by atomic mass is 10.1. The molecule has 0 aromatic carbocycles. The molecule has 0 amide bonds. The number of rotatable bonds is 4. The van der Waals surface area contributed by atoms with E-state index in [1.54, 1.807) is 0 Å². The van der Waals surface area contributed by atoms with E-state index in [0.29, 0.717) is 10.00 Å². The standard InChI is InChI=1S/C13H21NS/c1-11(15-13(2,3)4)7-8-12-6-5-9-14-10-12/h5-6,9-11H,7-8H2,1-4H3. The third-order valence-electron chi connectivity index (χ3n) is 2.12. The van der Waals surface area contributed by atoms with Crippen LogP contribution in [0, 0.1) is 0 Å². The molecule has 1 aromatic heterocycles. The highest BCUT2D eigenvalue weighted by molar-refractivity contribution is 8.01. The molecule has 0 aliphatic carbocycles. The zero-order valence-electron chi connectivity index (χ0n) is 10.2. The quantitative estimate of drug-likeness (QED) is 0.767. The Balaban J connectivity index is 2.32. The van der Waals surface area contributed by atoms with E-state index in [-0.39, 0.29) is 0 Å². The number of aromatic nitrogens is 1. The molecule has 0 spiro atoms. The molecule has 0 N–H and O–H groups in total. The number of hydrogen-bond acceptors (Lipinski definition) is 2. The van der Waals surface area contributed by atoms with Crippen molar-refractivity contribution in [1.82, 2.24) is 4.98 Å². The molecule has 1 rings (SSSR count). The summed E-state index contributed by atoms with van der Waals surface area (Å²) in [7, 11) is 0. The Bertz CT molecular complexity index is 276. The van der Waals surface area contributed by atoms with Gasteiger partial charge in [-0.15, -0.1) is 0 Å². The van der Waals surface area contributed by atoms with Crippen molar-refractivity contribution in [2.24, 2.45) is 0 Å². The first-order valence-corrected chi connectivity index (χ1v) is 6.42. The minimum Gasteiger partial charge on any atom is -0.264 e.